The average molecular weight is 240 g/mol. The summed E-state index contributed by atoms with van der Waals surface area (Å²) in [6, 6.07) is 13.2. The Hall–Kier alpha value is -2.36. The zero-order chi connectivity index (χ0) is 12.5. The highest BCUT2D eigenvalue weighted by molar-refractivity contribution is 6.06. The van der Waals surface area contributed by atoms with E-state index in [1.807, 2.05) is 36.4 Å². The van der Waals surface area contributed by atoms with Gasteiger partial charge in [-0.2, -0.15) is 4.98 Å². The summed E-state index contributed by atoms with van der Waals surface area (Å²) >= 11 is 0. The molecule has 0 spiro atoms. The van der Waals surface area contributed by atoms with Gasteiger partial charge in [-0.3, -0.25) is 9.69 Å². The number of anilines is 2. The fourth-order valence-corrected chi connectivity index (χ4v) is 2.11. The molecule has 1 aliphatic heterocycles. The van der Waals surface area contributed by atoms with Gasteiger partial charge in [0.1, 0.15) is 5.82 Å². The molecule has 0 saturated heterocycles. The Labute approximate surface area is 105 Å². The van der Waals surface area contributed by atoms with E-state index in [1.54, 1.807) is 18.1 Å². The van der Waals surface area contributed by atoms with E-state index in [1.165, 1.54) is 0 Å². The molecule has 0 bridgehead atoms. The number of fused-ring (bicyclic) bond motifs is 1. The Balaban J connectivity index is 2.11. The average Bonchev–Trinajstić information content (AvgIpc) is 2.74. The number of benzene rings is 1. The van der Waals surface area contributed by atoms with Gasteiger partial charge >= 0.3 is 0 Å². The van der Waals surface area contributed by atoms with Gasteiger partial charge in [0.15, 0.2) is 0 Å². The largest absolute Gasteiger partial charge is 0.481 e. The third kappa shape index (κ3) is 1.62. The first-order chi connectivity index (χ1) is 8.79. The third-order valence-electron chi connectivity index (χ3n) is 2.96. The van der Waals surface area contributed by atoms with E-state index < -0.39 is 0 Å². The smallest absolute Gasteiger partial charge is 0.237 e. The molecular formula is C14H12N2O2. The number of ether oxygens (including phenoxy) is 1. The van der Waals surface area contributed by atoms with Gasteiger partial charge < -0.3 is 4.74 Å². The minimum absolute atomic E-state index is 0.0388. The minimum Gasteiger partial charge on any atom is -0.481 e. The summed E-state index contributed by atoms with van der Waals surface area (Å²) in [5, 5.41) is 0. The maximum Gasteiger partial charge on any atom is 0.237 e. The van der Waals surface area contributed by atoms with Crippen LogP contribution in [-0.2, 0) is 11.2 Å². The van der Waals surface area contributed by atoms with Crippen LogP contribution in [0.2, 0.25) is 0 Å². The van der Waals surface area contributed by atoms with Gasteiger partial charge in [-0.15, -0.1) is 0 Å². The van der Waals surface area contributed by atoms with Crippen LogP contribution in [0.3, 0.4) is 0 Å². The lowest BCUT2D eigenvalue weighted by molar-refractivity contribution is -0.116. The maximum atomic E-state index is 12.1. The summed E-state index contributed by atoms with van der Waals surface area (Å²) in [6.45, 7) is 0. The van der Waals surface area contributed by atoms with E-state index in [0.29, 0.717) is 18.1 Å². The minimum atomic E-state index is 0.0388. The lowest BCUT2D eigenvalue weighted by Crippen LogP contribution is -2.21. The molecule has 0 N–H and O–H groups in total. The van der Waals surface area contributed by atoms with Crippen molar-refractivity contribution in [1.29, 1.82) is 0 Å². The number of pyridine rings is 1. The van der Waals surface area contributed by atoms with Crippen LogP contribution in [0.1, 0.15) is 5.56 Å². The highest BCUT2D eigenvalue weighted by Gasteiger charge is 2.30. The van der Waals surface area contributed by atoms with Crippen molar-refractivity contribution in [3.8, 4) is 5.88 Å². The standard InChI is InChI=1S/C14H12N2O2/c1-18-12-8-7-10-9-13(17)16(14(10)15-12)11-5-3-2-4-6-11/h2-8H,9H2,1H3. The Morgan fingerprint density at radius 2 is 1.94 bits per heavy atom. The van der Waals surface area contributed by atoms with Crippen molar-refractivity contribution in [2.45, 2.75) is 6.42 Å². The quantitative estimate of drug-likeness (QED) is 0.809. The van der Waals surface area contributed by atoms with E-state index in [-0.39, 0.29) is 5.91 Å². The van der Waals surface area contributed by atoms with Crippen molar-refractivity contribution < 1.29 is 9.53 Å². The van der Waals surface area contributed by atoms with E-state index in [2.05, 4.69) is 4.98 Å². The summed E-state index contributed by atoms with van der Waals surface area (Å²) in [5.41, 5.74) is 1.77. The summed E-state index contributed by atoms with van der Waals surface area (Å²) in [6.07, 6.45) is 0.390. The second kappa shape index (κ2) is 4.14. The number of hydrogen-bond acceptors (Lipinski definition) is 3. The number of methoxy groups -OCH3 is 1. The van der Waals surface area contributed by atoms with Crippen molar-refractivity contribution >= 4 is 17.4 Å². The zero-order valence-corrected chi connectivity index (χ0v) is 9.96. The molecule has 1 aromatic carbocycles. The van der Waals surface area contributed by atoms with E-state index >= 15 is 0 Å². The number of hydrogen-bond donors (Lipinski definition) is 0. The van der Waals surface area contributed by atoms with Crippen molar-refractivity contribution in [1.82, 2.24) is 4.98 Å². The highest BCUT2D eigenvalue weighted by atomic mass is 16.5. The number of nitrogens with zero attached hydrogens (tertiary/aromatic N) is 2. The molecule has 2 aromatic rings. The van der Waals surface area contributed by atoms with Crippen LogP contribution >= 0.6 is 0 Å². The normalized spacial score (nSPS) is 13.6. The van der Waals surface area contributed by atoms with E-state index in [9.17, 15) is 4.79 Å². The summed E-state index contributed by atoms with van der Waals surface area (Å²) < 4.78 is 5.11. The summed E-state index contributed by atoms with van der Waals surface area (Å²) in [7, 11) is 1.57. The fourth-order valence-electron chi connectivity index (χ4n) is 2.11. The Morgan fingerprint density at radius 1 is 1.17 bits per heavy atom. The molecule has 4 nitrogen and oxygen atoms in total. The maximum absolute atomic E-state index is 12.1. The predicted molar refractivity (Wildman–Crippen MR) is 68.1 cm³/mol. The molecule has 2 heterocycles. The molecule has 4 heteroatoms. The number of carbonyl (C=O) groups excluding carboxylic acids is 1. The number of rotatable bonds is 2. The first-order valence-corrected chi connectivity index (χ1v) is 5.71. The van der Waals surface area contributed by atoms with Crippen molar-refractivity contribution in [3.63, 3.8) is 0 Å². The SMILES string of the molecule is COc1ccc2c(n1)N(c1ccccc1)C(=O)C2. The molecule has 90 valence electrons. The van der Waals surface area contributed by atoms with Crippen LogP contribution in [0.5, 0.6) is 5.88 Å². The fraction of sp³-hybridized carbons (Fsp3) is 0.143. The molecule has 3 rings (SSSR count). The first kappa shape index (κ1) is 10.8. The monoisotopic (exact) mass is 240 g/mol. The van der Waals surface area contributed by atoms with Gasteiger partial charge in [0, 0.05) is 11.6 Å². The summed E-state index contributed by atoms with van der Waals surface area (Å²) in [5.74, 6) is 1.23. The molecule has 0 fully saturated rings. The number of carbonyl (C=O) groups is 1. The van der Waals surface area contributed by atoms with Crippen molar-refractivity contribution in [2.24, 2.45) is 0 Å². The van der Waals surface area contributed by atoms with Crippen LogP contribution < -0.4 is 9.64 Å². The van der Waals surface area contributed by atoms with Gasteiger partial charge in [-0.1, -0.05) is 18.2 Å². The molecule has 0 radical (unpaired) electrons. The molecular weight excluding hydrogens is 228 g/mol. The predicted octanol–water partition coefficient (Wildman–Crippen LogP) is 2.31. The number of aromatic nitrogens is 1. The van der Waals surface area contributed by atoms with Gasteiger partial charge in [-0.25, -0.2) is 0 Å². The first-order valence-electron chi connectivity index (χ1n) is 5.71. The van der Waals surface area contributed by atoms with E-state index in [4.69, 9.17) is 4.74 Å². The van der Waals surface area contributed by atoms with Gasteiger partial charge in [0.25, 0.3) is 0 Å². The molecule has 1 amide bonds. The van der Waals surface area contributed by atoms with Crippen LogP contribution in [0.15, 0.2) is 42.5 Å². The lowest BCUT2D eigenvalue weighted by atomic mass is 10.2. The number of para-hydroxylation sites is 1. The lowest BCUT2D eigenvalue weighted by Gasteiger charge is -2.16. The third-order valence-corrected chi connectivity index (χ3v) is 2.96. The van der Waals surface area contributed by atoms with Crippen LogP contribution in [0.4, 0.5) is 11.5 Å². The molecule has 0 unspecified atom stereocenters. The molecule has 0 atom stereocenters. The van der Waals surface area contributed by atoms with Gasteiger partial charge in [0.2, 0.25) is 11.8 Å². The van der Waals surface area contributed by atoms with Crippen LogP contribution in [0.25, 0.3) is 0 Å². The topological polar surface area (TPSA) is 42.4 Å². The highest BCUT2D eigenvalue weighted by Crippen LogP contribution is 2.34. The van der Waals surface area contributed by atoms with Crippen LogP contribution in [0, 0.1) is 0 Å². The molecule has 1 aliphatic rings. The van der Waals surface area contributed by atoms with Crippen molar-refractivity contribution in [2.75, 3.05) is 12.0 Å². The molecule has 1 aromatic heterocycles. The molecule has 18 heavy (non-hydrogen) atoms. The Bertz CT molecular complexity index is 596. The second-order valence-electron chi connectivity index (χ2n) is 4.08. The van der Waals surface area contributed by atoms with E-state index in [0.717, 1.165) is 11.3 Å². The van der Waals surface area contributed by atoms with Crippen molar-refractivity contribution in [3.05, 3.63) is 48.0 Å². The van der Waals surface area contributed by atoms with Crippen LogP contribution in [-0.4, -0.2) is 18.0 Å². The van der Waals surface area contributed by atoms with Gasteiger partial charge in [-0.05, 0) is 18.2 Å². The molecule has 0 saturated carbocycles. The second-order valence-corrected chi connectivity index (χ2v) is 4.08. The Kier molecular flexibility index (Phi) is 2.48. The number of amides is 1. The van der Waals surface area contributed by atoms with Gasteiger partial charge in [0.05, 0.1) is 19.2 Å². The Morgan fingerprint density at radius 3 is 2.67 bits per heavy atom. The summed E-state index contributed by atoms with van der Waals surface area (Å²) in [4.78, 5) is 18.1. The molecule has 0 aliphatic carbocycles. The zero-order valence-electron chi connectivity index (χ0n) is 9.96.